The number of hydrogen-bond acceptors (Lipinski definition) is 4. The molecule has 0 saturated heterocycles. The van der Waals surface area contributed by atoms with Crippen LogP contribution in [-0.2, 0) is 0 Å². The minimum Gasteiger partial charge on any atom is -0.503 e. The van der Waals surface area contributed by atoms with Crippen molar-refractivity contribution in [3.63, 3.8) is 0 Å². The van der Waals surface area contributed by atoms with Crippen molar-refractivity contribution >= 4 is 28.3 Å². The zero-order chi connectivity index (χ0) is 13.0. The summed E-state index contributed by atoms with van der Waals surface area (Å²) in [7, 11) is 0. The quantitative estimate of drug-likeness (QED) is 0.770. The third-order valence-corrected chi connectivity index (χ3v) is 3.17. The fourth-order valence-corrected chi connectivity index (χ4v) is 1.99. The number of hydrogen-bond donors (Lipinski definition) is 3. The highest BCUT2D eigenvalue weighted by Crippen LogP contribution is 2.37. The van der Waals surface area contributed by atoms with E-state index in [-0.39, 0.29) is 18.2 Å². The van der Waals surface area contributed by atoms with Gasteiger partial charge < -0.3 is 20.7 Å². The van der Waals surface area contributed by atoms with Crippen LogP contribution in [0, 0.1) is 0 Å². The maximum absolute atomic E-state index is 9.76. The standard InChI is InChI=1S/C12H18BrNO3.ClH/c1-3-9(15)11(14)7-5-8(13)12(16)10(6-7)17-4-2;/h5-6,9,11,15-16H,3-4,14H2,1-2H3;1H/t9-,11+;/m0./s1. The van der Waals surface area contributed by atoms with E-state index >= 15 is 0 Å². The van der Waals surface area contributed by atoms with Crippen LogP contribution in [-0.4, -0.2) is 22.9 Å². The van der Waals surface area contributed by atoms with E-state index in [4.69, 9.17) is 10.5 Å². The van der Waals surface area contributed by atoms with Gasteiger partial charge in [-0.1, -0.05) is 6.92 Å². The molecular weight excluding hydrogens is 321 g/mol. The summed E-state index contributed by atoms with van der Waals surface area (Å²) < 4.78 is 5.82. The average molecular weight is 341 g/mol. The van der Waals surface area contributed by atoms with Crippen LogP contribution in [0.15, 0.2) is 16.6 Å². The number of aliphatic hydroxyl groups excluding tert-OH is 1. The number of aromatic hydroxyl groups is 1. The van der Waals surface area contributed by atoms with Gasteiger partial charge in [0.2, 0.25) is 0 Å². The molecule has 0 aliphatic carbocycles. The predicted molar refractivity (Wildman–Crippen MR) is 77.5 cm³/mol. The Morgan fingerprint density at radius 1 is 1.39 bits per heavy atom. The molecule has 18 heavy (non-hydrogen) atoms. The molecule has 4 nitrogen and oxygen atoms in total. The number of ether oxygens (including phenoxy) is 1. The highest BCUT2D eigenvalue weighted by Gasteiger charge is 2.18. The van der Waals surface area contributed by atoms with Crippen LogP contribution in [0.1, 0.15) is 31.9 Å². The van der Waals surface area contributed by atoms with E-state index in [0.717, 1.165) is 5.56 Å². The Morgan fingerprint density at radius 2 is 2.00 bits per heavy atom. The van der Waals surface area contributed by atoms with Gasteiger partial charge in [0.1, 0.15) is 0 Å². The van der Waals surface area contributed by atoms with Gasteiger partial charge in [0, 0.05) is 0 Å². The van der Waals surface area contributed by atoms with Gasteiger partial charge in [-0.25, -0.2) is 0 Å². The Balaban J connectivity index is 0.00000289. The molecule has 104 valence electrons. The number of nitrogens with two attached hydrogens (primary N) is 1. The molecular formula is C12H19BrClNO3. The lowest BCUT2D eigenvalue weighted by molar-refractivity contribution is 0.140. The Hall–Kier alpha value is -0.490. The second-order valence-corrected chi connectivity index (χ2v) is 4.64. The highest BCUT2D eigenvalue weighted by molar-refractivity contribution is 9.10. The van der Waals surface area contributed by atoms with Crippen molar-refractivity contribution in [1.82, 2.24) is 0 Å². The summed E-state index contributed by atoms with van der Waals surface area (Å²) in [5.41, 5.74) is 6.65. The monoisotopic (exact) mass is 339 g/mol. The SMILES string of the molecule is CCOc1cc([C@@H](N)[C@@H](O)CC)cc(Br)c1O.Cl. The van der Waals surface area contributed by atoms with E-state index in [0.29, 0.717) is 23.2 Å². The lowest BCUT2D eigenvalue weighted by Gasteiger charge is -2.19. The van der Waals surface area contributed by atoms with Crippen molar-refractivity contribution in [2.45, 2.75) is 32.4 Å². The molecule has 0 fully saturated rings. The predicted octanol–water partition coefficient (Wildman–Crippen LogP) is 2.75. The molecule has 2 atom stereocenters. The van der Waals surface area contributed by atoms with Crippen molar-refractivity contribution in [1.29, 1.82) is 0 Å². The van der Waals surface area contributed by atoms with E-state index < -0.39 is 12.1 Å². The largest absolute Gasteiger partial charge is 0.503 e. The lowest BCUT2D eigenvalue weighted by atomic mass is 10.0. The van der Waals surface area contributed by atoms with Crippen molar-refractivity contribution in [2.75, 3.05) is 6.61 Å². The van der Waals surface area contributed by atoms with Gasteiger partial charge in [-0.2, -0.15) is 0 Å². The van der Waals surface area contributed by atoms with Gasteiger partial charge in [-0.05, 0) is 47.0 Å². The third kappa shape index (κ3) is 4.02. The molecule has 0 aromatic heterocycles. The van der Waals surface area contributed by atoms with Gasteiger partial charge in [0.25, 0.3) is 0 Å². The molecule has 0 bridgehead atoms. The third-order valence-electron chi connectivity index (χ3n) is 2.57. The van der Waals surface area contributed by atoms with E-state index in [2.05, 4.69) is 15.9 Å². The molecule has 0 unspecified atom stereocenters. The number of rotatable bonds is 5. The molecule has 0 spiro atoms. The zero-order valence-corrected chi connectivity index (χ0v) is 12.8. The molecule has 0 saturated carbocycles. The van der Waals surface area contributed by atoms with E-state index in [1.807, 2.05) is 13.8 Å². The topological polar surface area (TPSA) is 75.7 Å². The van der Waals surface area contributed by atoms with Crippen LogP contribution in [0.25, 0.3) is 0 Å². The molecule has 0 aliphatic heterocycles. The molecule has 1 aromatic rings. The maximum Gasteiger partial charge on any atom is 0.172 e. The second-order valence-electron chi connectivity index (χ2n) is 3.78. The van der Waals surface area contributed by atoms with Gasteiger partial charge >= 0.3 is 0 Å². The fraction of sp³-hybridized carbons (Fsp3) is 0.500. The molecule has 0 heterocycles. The first-order valence-electron chi connectivity index (χ1n) is 5.60. The Labute approximate surface area is 122 Å². The minimum absolute atomic E-state index is 0. The van der Waals surface area contributed by atoms with Gasteiger partial charge in [0.15, 0.2) is 11.5 Å². The first kappa shape index (κ1) is 17.5. The number of benzene rings is 1. The van der Waals surface area contributed by atoms with Crippen LogP contribution in [0.4, 0.5) is 0 Å². The fourth-order valence-electron chi connectivity index (χ4n) is 1.53. The minimum atomic E-state index is -0.610. The first-order chi connectivity index (χ1) is 8.01. The molecule has 1 rings (SSSR count). The Morgan fingerprint density at radius 3 is 2.50 bits per heavy atom. The summed E-state index contributed by atoms with van der Waals surface area (Å²) in [6.45, 7) is 4.15. The van der Waals surface area contributed by atoms with Crippen molar-refractivity contribution in [3.8, 4) is 11.5 Å². The maximum atomic E-state index is 9.76. The summed E-state index contributed by atoms with van der Waals surface area (Å²) >= 11 is 3.24. The Bertz CT molecular complexity index is 390. The Kier molecular flexibility index (Phi) is 7.62. The number of phenolic OH excluding ortho intramolecular Hbond substituents is 1. The van der Waals surface area contributed by atoms with Crippen LogP contribution < -0.4 is 10.5 Å². The zero-order valence-electron chi connectivity index (χ0n) is 10.4. The van der Waals surface area contributed by atoms with Crippen molar-refractivity contribution in [2.24, 2.45) is 5.73 Å². The summed E-state index contributed by atoms with van der Waals surface area (Å²) in [6.07, 6.45) is -0.0372. The van der Waals surface area contributed by atoms with Crippen LogP contribution in [0.3, 0.4) is 0 Å². The number of phenols is 1. The second kappa shape index (κ2) is 7.84. The van der Waals surface area contributed by atoms with E-state index in [1.54, 1.807) is 12.1 Å². The van der Waals surface area contributed by atoms with Crippen molar-refractivity contribution < 1.29 is 14.9 Å². The molecule has 0 aliphatic rings. The van der Waals surface area contributed by atoms with E-state index in [1.165, 1.54) is 0 Å². The average Bonchev–Trinajstić information content (AvgIpc) is 2.33. The first-order valence-corrected chi connectivity index (χ1v) is 6.39. The van der Waals surface area contributed by atoms with Crippen LogP contribution in [0.2, 0.25) is 0 Å². The smallest absolute Gasteiger partial charge is 0.172 e. The van der Waals surface area contributed by atoms with Gasteiger partial charge in [-0.3, -0.25) is 0 Å². The summed E-state index contributed by atoms with van der Waals surface area (Å²) in [6, 6.07) is 2.87. The van der Waals surface area contributed by atoms with Crippen LogP contribution >= 0.6 is 28.3 Å². The molecule has 0 amide bonds. The lowest BCUT2D eigenvalue weighted by Crippen LogP contribution is -2.25. The number of halogens is 2. The normalized spacial score (nSPS) is 13.6. The molecule has 0 radical (unpaired) electrons. The van der Waals surface area contributed by atoms with Gasteiger partial charge in [0.05, 0.1) is 23.2 Å². The highest BCUT2D eigenvalue weighted by atomic mass is 79.9. The molecule has 6 heteroatoms. The summed E-state index contributed by atoms with van der Waals surface area (Å²) in [5, 5.41) is 19.5. The summed E-state index contributed by atoms with van der Waals surface area (Å²) in [5.74, 6) is 0.421. The molecule has 1 aromatic carbocycles. The number of aliphatic hydroxyl groups is 1. The van der Waals surface area contributed by atoms with Crippen molar-refractivity contribution in [3.05, 3.63) is 22.2 Å². The summed E-state index contributed by atoms with van der Waals surface area (Å²) in [4.78, 5) is 0. The van der Waals surface area contributed by atoms with Crippen LogP contribution in [0.5, 0.6) is 11.5 Å². The van der Waals surface area contributed by atoms with E-state index in [9.17, 15) is 10.2 Å². The van der Waals surface area contributed by atoms with Gasteiger partial charge in [-0.15, -0.1) is 12.4 Å². The molecule has 4 N–H and O–H groups in total.